The Balaban J connectivity index is 2.20. The number of anilines is 1. The Morgan fingerprint density at radius 1 is 1.43 bits per heavy atom. The van der Waals surface area contributed by atoms with Crippen LogP contribution in [-0.4, -0.2) is 49.8 Å². The number of allylic oxidation sites excluding steroid dienone is 1. The van der Waals surface area contributed by atoms with Gasteiger partial charge in [-0.3, -0.25) is 4.79 Å². The second-order valence-electron chi connectivity index (χ2n) is 4.78. The number of fused-ring (bicyclic) bond motifs is 1. The zero-order chi connectivity index (χ0) is 15.4. The first kappa shape index (κ1) is 14.9. The number of carbonyl (C=O) groups excluding carboxylic acids is 1. The number of rotatable bonds is 7. The molecule has 0 atom stereocenters. The summed E-state index contributed by atoms with van der Waals surface area (Å²) in [5.74, 6) is 0.401. The molecule has 2 aromatic heterocycles. The number of nitrogens with zero attached hydrogens (tertiary/aromatic N) is 5. The lowest BCUT2D eigenvalue weighted by atomic mass is 10.3. The number of hydrogen-bond acceptors (Lipinski definition) is 7. The fourth-order valence-corrected chi connectivity index (χ4v) is 2.08. The van der Waals surface area contributed by atoms with E-state index in [1.165, 1.54) is 13.3 Å². The summed E-state index contributed by atoms with van der Waals surface area (Å²) in [6, 6.07) is 0. The molecule has 8 heteroatoms. The number of nitrogens with two attached hydrogens (primary N) is 2. The zero-order valence-corrected chi connectivity index (χ0v) is 12.0. The van der Waals surface area contributed by atoms with Gasteiger partial charge in [0.25, 0.3) is 0 Å². The molecule has 112 valence electrons. The summed E-state index contributed by atoms with van der Waals surface area (Å²) >= 11 is 0. The summed E-state index contributed by atoms with van der Waals surface area (Å²) in [5, 5.41) is 0. The number of nitrogen functional groups attached to an aromatic ring is 1. The Hall–Kier alpha value is -2.48. The van der Waals surface area contributed by atoms with E-state index in [1.807, 2.05) is 9.47 Å². The molecule has 2 heterocycles. The lowest BCUT2D eigenvalue weighted by molar-refractivity contribution is -0.117. The standard InChI is InChI=1S/C13H19N7O/c1-9(19(4-3-14)6-10(2)21)5-20-8-18-11-12(15)16-7-17-13(11)20/h7-8H,1,3-6,14H2,2H3,(H2,15,16,17). The number of hydrogen-bond donors (Lipinski definition) is 2. The highest BCUT2D eigenvalue weighted by molar-refractivity contribution is 5.81. The van der Waals surface area contributed by atoms with Crippen molar-refractivity contribution in [2.45, 2.75) is 13.5 Å². The van der Waals surface area contributed by atoms with Crippen LogP contribution in [-0.2, 0) is 11.3 Å². The molecule has 0 radical (unpaired) electrons. The minimum atomic E-state index is 0.0617. The second-order valence-corrected chi connectivity index (χ2v) is 4.78. The maximum Gasteiger partial charge on any atom is 0.165 e. The van der Waals surface area contributed by atoms with Crippen molar-refractivity contribution >= 4 is 22.8 Å². The second kappa shape index (κ2) is 6.31. The van der Waals surface area contributed by atoms with E-state index in [0.29, 0.717) is 43.2 Å². The van der Waals surface area contributed by atoms with E-state index in [4.69, 9.17) is 11.5 Å². The van der Waals surface area contributed by atoms with E-state index >= 15 is 0 Å². The van der Waals surface area contributed by atoms with Gasteiger partial charge in [-0.25, -0.2) is 15.0 Å². The van der Waals surface area contributed by atoms with Crippen LogP contribution in [0.3, 0.4) is 0 Å². The average Bonchev–Trinajstić information content (AvgIpc) is 2.82. The molecule has 0 aromatic carbocycles. The van der Waals surface area contributed by atoms with E-state index in [9.17, 15) is 4.79 Å². The molecule has 0 aliphatic carbocycles. The number of ketones is 1. The molecule has 0 aliphatic heterocycles. The lowest BCUT2D eigenvalue weighted by Crippen LogP contribution is -2.33. The highest BCUT2D eigenvalue weighted by Crippen LogP contribution is 2.16. The van der Waals surface area contributed by atoms with E-state index in [2.05, 4.69) is 21.5 Å². The fraction of sp³-hybridized carbons (Fsp3) is 0.385. The zero-order valence-electron chi connectivity index (χ0n) is 12.0. The molecule has 21 heavy (non-hydrogen) atoms. The predicted octanol–water partition coefficient (Wildman–Crippen LogP) is -0.228. The minimum absolute atomic E-state index is 0.0617. The van der Waals surface area contributed by atoms with Crippen LogP contribution in [0.25, 0.3) is 11.2 Å². The normalized spacial score (nSPS) is 10.8. The van der Waals surface area contributed by atoms with Crippen LogP contribution in [0.4, 0.5) is 5.82 Å². The van der Waals surface area contributed by atoms with Crippen molar-refractivity contribution in [3.63, 3.8) is 0 Å². The van der Waals surface area contributed by atoms with Crippen LogP contribution in [0.2, 0.25) is 0 Å². The van der Waals surface area contributed by atoms with Crippen molar-refractivity contribution in [1.82, 2.24) is 24.4 Å². The third kappa shape index (κ3) is 3.34. The van der Waals surface area contributed by atoms with Gasteiger partial charge in [0.15, 0.2) is 11.5 Å². The molecule has 0 spiro atoms. The van der Waals surface area contributed by atoms with Crippen molar-refractivity contribution in [1.29, 1.82) is 0 Å². The quantitative estimate of drug-likeness (QED) is 0.723. The van der Waals surface area contributed by atoms with Crippen LogP contribution in [0.15, 0.2) is 24.9 Å². The molecule has 0 amide bonds. The molecule has 0 aliphatic rings. The molecule has 0 saturated heterocycles. The summed E-state index contributed by atoms with van der Waals surface area (Å²) in [6.45, 7) is 7.34. The van der Waals surface area contributed by atoms with Crippen molar-refractivity contribution in [3.05, 3.63) is 24.9 Å². The predicted molar refractivity (Wildman–Crippen MR) is 80.2 cm³/mol. The highest BCUT2D eigenvalue weighted by atomic mass is 16.1. The van der Waals surface area contributed by atoms with Gasteiger partial charge in [-0.2, -0.15) is 0 Å². The van der Waals surface area contributed by atoms with Crippen LogP contribution in [0, 0.1) is 0 Å². The molecule has 8 nitrogen and oxygen atoms in total. The van der Waals surface area contributed by atoms with E-state index in [-0.39, 0.29) is 5.78 Å². The van der Waals surface area contributed by atoms with Gasteiger partial charge in [-0.1, -0.05) is 6.58 Å². The van der Waals surface area contributed by atoms with Crippen LogP contribution < -0.4 is 11.5 Å². The van der Waals surface area contributed by atoms with Crippen molar-refractivity contribution < 1.29 is 4.79 Å². The number of Topliss-reactive ketones (excluding diaryl/α,β-unsaturated/α-hetero) is 1. The Labute approximate surface area is 122 Å². The SMILES string of the molecule is C=C(Cn1cnc2c(N)ncnc21)N(CCN)CC(C)=O. The number of aromatic nitrogens is 4. The van der Waals surface area contributed by atoms with Crippen LogP contribution in [0.1, 0.15) is 6.92 Å². The molecular formula is C13H19N7O. The Kier molecular flexibility index (Phi) is 4.49. The Morgan fingerprint density at radius 2 is 2.19 bits per heavy atom. The van der Waals surface area contributed by atoms with E-state index < -0.39 is 0 Å². The number of imidazole rings is 1. The first-order chi connectivity index (χ1) is 10.0. The maximum absolute atomic E-state index is 11.3. The molecule has 0 bridgehead atoms. The smallest absolute Gasteiger partial charge is 0.165 e. The van der Waals surface area contributed by atoms with Gasteiger partial charge >= 0.3 is 0 Å². The van der Waals surface area contributed by atoms with Crippen molar-refractivity contribution in [2.75, 3.05) is 25.4 Å². The van der Waals surface area contributed by atoms with E-state index in [1.54, 1.807) is 6.33 Å². The van der Waals surface area contributed by atoms with Gasteiger partial charge < -0.3 is 20.9 Å². The van der Waals surface area contributed by atoms with Gasteiger partial charge in [0, 0.05) is 18.8 Å². The van der Waals surface area contributed by atoms with Gasteiger partial charge in [0.05, 0.1) is 19.4 Å². The van der Waals surface area contributed by atoms with E-state index in [0.717, 1.165) is 5.70 Å². The van der Waals surface area contributed by atoms with Crippen molar-refractivity contribution in [3.8, 4) is 0 Å². The van der Waals surface area contributed by atoms with Gasteiger partial charge in [-0.05, 0) is 6.92 Å². The van der Waals surface area contributed by atoms with Crippen LogP contribution >= 0.6 is 0 Å². The monoisotopic (exact) mass is 289 g/mol. The Bertz CT molecular complexity index is 664. The molecule has 2 rings (SSSR count). The van der Waals surface area contributed by atoms with Crippen LogP contribution in [0.5, 0.6) is 0 Å². The maximum atomic E-state index is 11.3. The van der Waals surface area contributed by atoms with Crippen molar-refractivity contribution in [2.24, 2.45) is 5.73 Å². The molecule has 2 aromatic rings. The number of carbonyl (C=O) groups is 1. The Morgan fingerprint density at radius 3 is 2.86 bits per heavy atom. The lowest BCUT2D eigenvalue weighted by Gasteiger charge is -2.25. The fourth-order valence-electron chi connectivity index (χ4n) is 2.08. The summed E-state index contributed by atoms with van der Waals surface area (Å²) in [4.78, 5) is 25.5. The highest BCUT2D eigenvalue weighted by Gasteiger charge is 2.13. The third-order valence-corrected chi connectivity index (χ3v) is 3.04. The summed E-state index contributed by atoms with van der Waals surface area (Å²) in [5.41, 5.74) is 13.3. The van der Waals surface area contributed by atoms with Gasteiger partial charge in [0.1, 0.15) is 17.6 Å². The topological polar surface area (TPSA) is 116 Å². The third-order valence-electron chi connectivity index (χ3n) is 3.04. The minimum Gasteiger partial charge on any atom is -0.382 e. The molecule has 0 saturated carbocycles. The molecule has 0 fully saturated rings. The van der Waals surface area contributed by atoms with Gasteiger partial charge in [0.2, 0.25) is 0 Å². The molecular weight excluding hydrogens is 270 g/mol. The first-order valence-electron chi connectivity index (χ1n) is 6.56. The molecule has 0 unspecified atom stereocenters. The summed E-state index contributed by atoms with van der Waals surface area (Å²) < 4.78 is 1.82. The van der Waals surface area contributed by atoms with Gasteiger partial charge in [-0.15, -0.1) is 0 Å². The largest absolute Gasteiger partial charge is 0.382 e. The summed E-state index contributed by atoms with van der Waals surface area (Å²) in [6.07, 6.45) is 3.03. The molecule has 4 N–H and O–H groups in total. The average molecular weight is 289 g/mol. The summed E-state index contributed by atoms with van der Waals surface area (Å²) in [7, 11) is 0. The first-order valence-corrected chi connectivity index (χ1v) is 6.56.